The number of aromatic nitrogens is 2. The van der Waals surface area contributed by atoms with Crippen molar-refractivity contribution in [2.75, 3.05) is 6.61 Å². The van der Waals surface area contributed by atoms with Crippen molar-refractivity contribution in [3.8, 4) is 0 Å². The Labute approximate surface area is 126 Å². The van der Waals surface area contributed by atoms with E-state index in [1.807, 2.05) is 0 Å². The third-order valence-corrected chi connectivity index (χ3v) is 4.61. The second-order valence-corrected chi connectivity index (χ2v) is 6.27. The molecule has 0 aromatic carbocycles. The van der Waals surface area contributed by atoms with Crippen molar-refractivity contribution in [2.45, 2.75) is 70.4 Å². The number of rotatable bonds is 7. The molecule has 1 aliphatic rings. The lowest BCUT2D eigenvalue weighted by Gasteiger charge is -2.36. The predicted octanol–water partition coefficient (Wildman–Crippen LogP) is 3.19. The fraction of sp³-hybridized carbons (Fsp3) is 0.800. The zero-order valence-corrected chi connectivity index (χ0v) is 13.1. The van der Waals surface area contributed by atoms with E-state index in [0.29, 0.717) is 11.7 Å². The Hall–Kier alpha value is -0.580. The van der Waals surface area contributed by atoms with Crippen LogP contribution >= 0.6 is 11.6 Å². The van der Waals surface area contributed by atoms with Crippen LogP contribution < -0.4 is 5.32 Å². The number of hydrogen-bond donors (Lipinski definition) is 3. The number of aryl methyl sites for hydroxylation is 1. The van der Waals surface area contributed by atoms with E-state index in [1.54, 1.807) is 0 Å². The van der Waals surface area contributed by atoms with Gasteiger partial charge in [0.1, 0.15) is 5.82 Å². The molecule has 1 aliphatic carbocycles. The molecule has 0 amide bonds. The van der Waals surface area contributed by atoms with Crippen LogP contribution in [-0.2, 0) is 13.0 Å². The Balaban J connectivity index is 1.93. The molecule has 20 heavy (non-hydrogen) atoms. The number of halogens is 1. The van der Waals surface area contributed by atoms with E-state index >= 15 is 0 Å². The van der Waals surface area contributed by atoms with Gasteiger partial charge < -0.3 is 15.4 Å². The molecule has 1 heterocycles. The first-order valence-electron chi connectivity index (χ1n) is 7.78. The van der Waals surface area contributed by atoms with Crippen molar-refractivity contribution in [1.29, 1.82) is 0 Å². The fourth-order valence-corrected chi connectivity index (χ4v) is 3.13. The van der Waals surface area contributed by atoms with E-state index in [9.17, 15) is 5.11 Å². The summed E-state index contributed by atoms with van der Waals surface area (Å²) < 4.78 is 0. The molecule has 0 saturated heterocycles. The second-order valence-electron chi connectivity index (χ2n) is 5.91. The minimum Gasteiger partial charge on any atom is -0.394 e. The fourth-order valence-electron chi connectivity index (χ4n) is 2.91. The van der Waals surface area contributed by atoms with Crippen molar-refractivity contribution in [1.82, 2.24) is 15.3 Å². The summed E-state index contributed by atoms with van der Waals surface area (Å²) in [4.78, 5) is 7.68. The lowest BCUT2D eigenvalue weighted by molar-refractivity contribution is 0.119. The summed E-state index contributed by atoms with van der Waals surface area (Å²) in [5, 5.41) is 13.8. The van der Waals surface area contributed by atoms with E-state index < -0.39 is 0 Å². The molecule has 5 heteroatoms. The number of aliphatic hydroxyl groups is 1. The van der Waals surface area contributed by atoms with Crippen LogP contribution in [-0.4, -0.2) is 27.2 Å². The van der Waals surface area contributed by atoms with E-state index in [0.717, 1.165) is 43.6 Å². The van der Waals surface area contributed by atoms with Crippen LogP contribution in [0.2, 0.25) is 5.15 Å². The summed E-state index contributed by atoms with van der Waals surface area (Å²) >= 11 is 6.19. The largest absolute Gasteiger partial charge is 0.394 e. The number of H-pyrrole nitrogens is 1. The third kappa shape index (κ3) is 3.96. The van der Waals surface area contributed by atoms with E-state index in [2.05, 4.69) is 22.2 Å². The summed E-state index contributed by atoms with van der Waals surface area (Å²) in [7, 11) is 0. The van der Waals surface area contributed by atoms with Crippen LogP contribution in [0.5, 0.6) is 0 Å². The van der Waals surface area contributed by atoms with Crippen LogP contribution in [0.25, 0.3) is 0 Å². The molecule has 4 nitrogen and oxygen atoms in total. The molecule has 0 unspecified atom stereocenters. The molecule has 114 valence electrons. The summed E-state index contributed by atoms with van der Waals surface area (Å²) in [6, 6.07) is 0. The van der Waals surface area contributed by atoms with Crippen LogP contribution in [0.15, 0.2) is 0 Å². The first-order chi connectivity index (χ1) is 9.69. The van der Waals surface area contributed by atoms with Crippen molar-refractivity contribution in [2.24, 2.45) is 0 Å². The number of aromatic amines is 1. The molecule has 1 fully saturated rings. The van der Waals surface area contributed by atoms with Gasteiger partial charge in [0.2, 0.25) is 0 Å². The normalized spacial score (nSPS) is 18.4. The van der Waals surface area contributed by atoms with Gasteiger partial charge in [0.15, 0.2) is 5.15 Å². The van der Waals surface area contributed by atoms with Gasteiger partial charge in [0.25, 0.3) is 0 Å². The van der Waals surface area contributed by atoms with Gasteiger partial charge >= 0.3 is 0 Å². The first-order valence-corrected chi connectivity index (χ1v) is 8.16. The first kappa shape index (κ1) is 15.8. The van der Waals surface area contributed by atoms with Crippen LogP contribution in [0.3, 0.4) is 0 Å². The smallest absolute Gasteiger partial charge is 0.151 e. The van der Waals surface area contributed by atoms with Crippen molar-refractivity contribution < 1.29 is 5.11 Å². The Morgan fingerprint density at radius 3 is 2.75 bits per heavy atom. The molecule has 3 N–H and O–H groups in total. The molecular formula is C15H26ClN3O. The molecule has 0 atom stereocenters. The summed E-state index contributed by atoms with van der Waals surface area (Å²) in [6.07, 6.45) is 8.95. The molecule has 0 radical (unpaired) electrons. The predicted molar refractivity (Wildman–Crippen MR) is 82.0 cm³/mol. The van der Waals surface area contributed by atoms with Gasteiger partial charge in [0.05, 0.1) is 12.3 Å². The number of nitrogens with one attached hydrogen (secondary N) is 2. The van der Waals surface area contributed by atoms with Gasteiger partial charge in [-0.05, 0) is 19.3 Å². The highest BCUT2D eigenvalue weighted by Gasteiger charge is 2.30. The number of aliphatic hydroxyl groups excluding tert-OH is 1. The molecule has 0 aliphatic heterocycles. The van der Waals surface area contributed by atoms with Crippen LogP contribution in [0, 0.1) is 0 Å². The summed E-state index contributed by atoms with van der Waals surface area (Å²) in [5.74, 6) is 0.968. The standard InChI is InChI=1S/C15H26ClN3O/c1-2-3-7-13-18-12(14(16)19-13)10-17-15(11-20)8-5-4-6-9-15/h17,20H,2-11H2,1H3,(H,18,19). The SMILES string of the molecule is CCCCc1nc(Cl)c(CNC2(CO)CCCCC2)[nH]1. The summed E-state index contributed by atoms with van der Waals surface area (Å²) in [5.41, 5.74) is 0.812. The van der Waals surface area contributed by atoms with Crippen LogP contribution in [0.1, 0.15) is 63.4 Å². The quantitative estimate of drug-likeness (QED) is 0.724. The van der Waals surface area contributed by atoms with Crippen molar-refractivity contribution in [3.63, 3.8) is 0 Å². The van der Waals surface area contributed by atoms with Gasteiger partial charge in [-0.2, -0.15) is 0 Å². The summed E-state index contributed by atoms with van der Waals surface area (Å²) in [6.45, 7) is 3.01. The molecular weight excluding hydrogens is 274 g/mol. The third-order valence-electron chi connectivity index (χ3n) is 4.30. The van der Waals surface area contributed by atoms with Gasteiger partial charge in [-0.25, -0.2) is 4.98 Å². The average molecular weight is 300 g/mol. The van der Waals surface area contributed by atoms with Gasteiger partial charge in [-0.3, -0.25) is 0 Å². The lowest BCUT2D eigenvalue weighted by Crippen LogP contribution is -2.49. The van der Waals surface area contributed by atoms with Crippen molar-refractivity contribution in [3.05, 3.63) is 16.7 Å². The maximum Gasteiger partial charge on any atom is 0.151 e. The Bertz CT molecular complexity index is 413. The van der Waals surface area contributed by atoms with Gasteiger partial charge in [-0.1, -0.05) is 44.2 Å². The molecule has 0 spiro atoms. The highest BCUT2D eigenvalue weighted by molar-refractivity contribution is 6.30. The Morgan fingerprint density at radius 2 is 2.10 bits per heavy atom. The monoisotopic (exact) mass is 299 g/mol. The molecule has 1 aromatic rings. The Kier molecular flexibility index (Phi) is 5.87. The van der Waals surface area contributed by atoms with Gasteiger partial charge in [-0.15, -0.1) is 0 Å². The number of imidazole rings is 1. The Morgan fingerprint density at radius 1 is 1.35 bits per heavy atom. The molecule has 1 saturated carbocycles. The maximum atomic E-state index is 9.69. The van der Waals surface area contributed by atoms with E-state index in [1.165, 1.54) is 19.3 Å². The zero-order chi connectivity index (χ0) is 14.4. The number of hydrogen-bond acceptors (Lipinski definition) is 3. The van der Waals surface area contributed by atoms with Crippen molar-refractivity contribution >= 4 is 11.6 Å². The highest BCUT2D eigenvalue weighted by atomic mass is 35.5. The van der Waals surface area contributed by atoms with Crippen LogP contribution in [0.4, 0.5) is 0 Å². The maximum absolute atomic E-state index is 9.69. The van der Waals surface area contributed by atoms with Gasteiger partial charge in [0, 0.05) is 18.5 Å². The topological polar surface area (TPSA) is 60.9 Å². The number of unbranched alkanes of at least 4 members (excludes halogenated alkanes) is 1. The van der Waals surface area contributed by atoms with E-state index in [-0.39, 0.29) is 12.1 Å². The second kappa shape index (κ2) is 7.43. The minimum absolute atomic E-state index is 0.129. The lowest BCUT2D eigenvalue weighted by atomic mass is 9.82. The highest BCUT2D eigenvalue weighted by Crippen LogP contribution is 2.28. The number of nitrogens with zero attached hydrogens (tertiary/aromatic N) is 1. The molecule has 1 aromatic heterocycles. The minimum atomic E-state index is -0.129. The van der Waals surface area contributed by atoms with E-state index in [4.69, 9.17) is 11.6 Å². The average Bonchev–Trinajstić information content (AvgIpc) is 2.84. The molecule has 2 rings (SSSR count). The zero-order valence-electron chi connectivity index (χ0n) is 12.3. The molecule has 0 bridgehead atoms.